The Morgan fingerprint density at radius 1 is 0.571 bits per heavy atom. The van der Waals surface area contributed by atoms with Gasteiger partial charge in [-0.25, -0.2) is 0 Å². The lowest BCUT2D eigenvalue weighted by Crippen LogP contribution is -2.50. The van der Waals surface area contributed by atoms with E-state index in [2.05, 4.69) is 39.0 Å². The number of carbonyl (C=O) groups is 5. The number of nitrogens with one attached hydrogen (secondary N) is 4. The number of terminal acetylenes is 3. The SMILES string of the molecule is C#CCOCCOCCNC(=O)CCC(CCC(=O)NCCOCCOCC#C)(CCC(=O)NCCOCCOCC#C)NC(=O)CCCC(=O)Oc1ccc([N+](=O)[O-])cc1.CC. The fourth-order valence-electron chi connectivity index (χ4n) is 5.30. The fourth-order valence-corrected chi connectivity index (χ4v) is 5.30. The Bertz CT molecular complexity index is 1470. The molecule has 0 aliphatic carbocycles. The molecule has 0 aliphatic rings. The van der Waals surface area contributed by atoms with Gasteiger partial charge in [-0.05, 0) is 37.8 Å². The lowest BCUT2D eigenvalue weighted by molar-refractivity contribution is -0.384. The van der Waals surface area contributed by atoms with Gasteiger partial charge in [0.25, 0.3) is 5.69 Å². The zero-order chi connectivity index (χ0) is 46.8. The first-order valence-corrected chi connectivity index (χ1v) is 20.9. The van der Waals surface area contributed by atoms with Crippen LogP contribution in [-0.4, -0.2) is 139 Å². The number of amides is 4. The van der Waals surface area contributed by atoms with Crippen molar-refractivity contribution < 1.29 is 62.1 Å². The number of benzene rings is 1. The molecule has 0 aromatic heterocycles. The van der Waals surface area contributed by atoms with E-state index in [9.17, 15) is 34.1 Å². The van der Waals surface area contributed by atoms with Crippen LogP contribution in [0.15, 0.2) is 24.3 Å². The number of ether oxygens (including phenoxy) is 7. The molecule has 0 saturated heterocycles. The summed E-state index contributed by atoms with van der Waals surface area (Å²) in [6.07, 6.45) is 15.2. The van der Waals surface area contributed by atoms with Gasteiger partial charge in [-0.1, -0.05) is 31.6 Å². The van der Waals surface area contributed by atoms with E-state index in [1.54, 1.807) is 0 Å². The largest absolute Gasteiger partial charge is 0.427 e. The van der Waals surface area contributed by atoms with Crippen molar-refractivity contribution >= 4 is 35.3 Å². The number of nitro groups is 1. The van der Waals surface area contributed by atoms with Crippen LogP contribution in [-0.2, 0) is 52.4 Å². The van der Waals surface area contributed by atoms with E-state index >= 15 is 0 Å². The first-order valence-electron chi connectivity index (χ1n) is 20.9. The van der Waals surface area contributed by atoms with Crippen molar-refractivity contribution in [2.75, 3.05) is 98.9 Å². The summed E-state index contributed by atoms with van der Waals surface area (Å²) >= 11 is 0. The monoisotopic (exact) mass is 887 g/mol. The summed E-state index contributed by atoms with van der Waals surface area (Å²) in [5, 5.41) is 22.2. The van der Waals surface area contributed by atoms with E-state index in [0.717, 1.165) is 0 Å². The lowest BCUT2D eigenvalue weighted by Gasteiger charge is -2.35. The summed E-state index contributed by atoms with van der Waals surface area (Å²) in [6.45, 7) is 7.46. The molecular weight excluding hydrogens is 823 g/mol. The van der Waals surface area contributed by atoms with Crippen molar-refractivity contribution in [3.63, 3.8) is 0 Å². The summed E-state index contributed by atoms with van der Waals surface area (Å²) in [5.74, 6) is 4.99. The summed E-state index contributed by atoms with van der Waals surface area (Å²) < 4.78 is 37.0. The van der Waals surface area contributed by atoms with Gasteiger partial charge in [0.05, 0.1) is 64.4 Å². The zero-order valence-electron chi connectivity index (χ0n) is 36.7. The molecule has 63 heavy (non-hydrogen) atoms. The molecule has 0 unspecified atom stereocenters. The summed E-state index contributed by atoms with van der Waals surface area (Å²) in [5.41, 5.74) is -1.37. The molecule has 0 spiro atoms. The van der Waals surface area contributed by atoms with Gasteiger partial charge >= 0.3 is 5.97 Å². The van der Waals surface area contributed by atoms with Crippen LogP contribution >= 0.6 is 0 Å². The molecule has 0 heterocycles. The second kappa shape index (κ2) is 39.3. The predicted octanol–water partition coefficient (Wildman–Crippen LogP) is 2.24. The Labute approximate surface area is 371 Å². The van der Waals surface area contributed by atoms with Crippen molar-refractivity contribution in [3.05, 3.63) is 34.4 Å². The van der Waals surface area contributed by atoms with Gasteiger partial charge in [0.1, 0.15) is 25.6 Å². The normalized spacial score (nSPS) is 10.5. The average Bonchev–Trinajstić information content (AvgIpc) is 3.27. The zero-order valence-corrected chi connectivity index (χ0v) is 36.7. The minimum atomic E-state index is -1.21. The highest BCUT2D eigenvalue weighted by Crippen LogP contribution is 2.27. The van der Waals surface area contributed by atoms with Gasteiger partial charge < -0.3 is 54.4 Å². The quantitative estimate of drug-likeness (QED) is 0.0187. The first kappa shape index (κ1) is 57.4. The maximum absolute atomic E-state index is 13.5. The Hall–Kier alpha value is -5.59. The first-order chi connectivity index (χ1) is 30.5. The molecule has 19 heteroatoms. The third kappa shape index (κ3) is 32.7. The number of hydrogen-bond acceptors (Lipinski definition) is 14. The molecule has 0 bridgehead atoms. The van der Waals surface area contributed by atoms with Crippen LogP contribution in [0.1, 0.15) is 71.6 Å². The van der Waals surface area contributed by atoms with Crippen LogP contribution in [0.25, 0.3) is 0 Å². The van der Waals surface area contributed by atoms with Crippen LogP contribution in [0, 0.1) is 47.1 Å². The molecule has 0 atom stereocenters. The third-order valence-corrected chi connectivity index (χ3v) is 8.34. The van der Waals surface area contributed by atoms with Crippen LogP contribution < -0.4 is 26.0 Å². The molecule has 1 aromatic rings. The van der Waals surface area contributed by atoms with Gasteiger partial charge in [0, 0.05) is 69.4 Å². The highest BCUT2D eigenvalue weighted by molar-refractivity contribution is 5.80. The summed E-state index contributed by atoms with van der Waals surface area (Å²) in [6, 6.07) is 4.98. The molecule has 4 N–H and O–H groups in total. The Balaban J connectivity index is 0.0000189. The fraction of sp³-hybridized carbons (Fsp3) is 0.614. The number of hydrogen-bond donors (Lipinski definition) is 4. The standard InChI is InChI=1S/C42H59N5O14.C2H6/c1-4-23-55-29-32-58-26-20-43-37(48)14-17-42(18-15-38(49)44-21-27-59-33-30-56-24-5-2,19-16-39(50)45-22-28-60-34-31-57-25-6-3)46-40(51)8-7-9-41(52)61-36-12-10-35(11-13-36)47(53)54;1-2/h1-3,10-13H,7-9,14-34H2,(H,43,48)(H,44,49)(H,45,50)(H,46,51);1-2H3. The lowest BCUT2D eigenvalue weighted by atomic mass is 9.83. The minimum Gasteiger partial charge on any atom is -0.427 e. The predicted molar refractivity (Wildman–Crippen MR) is 233 cm³/mol. The van der Waals surface area contributed by atoms with Crippen LogP contribution in [0.5, 0.6) is 5.75 Å². The Morgan fingerprint density at radius 2 is 0.952 bits per heavy atom. The molecule has 0 aliphatic heterocycles. The molecule has 0 radical (unpaired) electrons. The van der Waals surface area contributed by atoms with Crippen molar-refractivity contribution in [1.29, 1.82) is 0 Å². The minimum absolute atomic E-state index is 0.0651. The number of nitrogens with zero attached hydrogens (tertiary/aromatic N) is 1. The number of non-ortho nitro benzene ring substituents is 1. The maximum Gasteiger partial charge on any atom is 0.311 e. The van der Waals surface area contributed by atoms with Gasteiger partial charge in [-0.2, -0.15) is 0 Å². The van der Waals surface area contributed by atoms with Gasteiger partial charge in [0.2, 0.25) is 23.6 Å². The smallest absolute Gasteiger partial charge is 0.311 e. The van der Waals surface area contributed by atoms with E-state index in [0.29, 0.717) is 19.8 Å². The van der Waals surface area contributed by atoms with E-state index in [1.165, 1.54) is 24.3 Å². The van der Waals surface area contributed by atoms with Crippen molar-refractivity contribution in [1.82, 2.24) is 21.3 Å². The van der Waals surface area contributed by atoms with Gasteiger partial charge in [0.15, 0.2) is 0 Å². The molecule has 0 saturated carbocycles. The third-order valence-electron chi connectivity index (χ3n) is 8.34. The highest BCUT2D eigenvalue weighted by atomic mass is 16.6. The maximum atomic E-state index is 13.5. The van der Waals surface area contributed by atoms with Crippen molar-refractivity contribution in [3.8, 4) is 42.8 Å². The molecular formula is C44H65N5O14. The number of nitro benzene ring substituents is 1. The van der Waals surface area contributed by atoms with Crippen LogP contribution in [0.3, 0.4) is 0 Å². The molecule has 350 valence electrons. The second-order valence-electron chi connectivity index (χ2n) is 13.1. The van der Waals surface area contributed by atoms with Gasteiger partial charge in [-0.3, -0.25) is 34.1 Å². The van der Waals surface area contributed by atoms with Crippen LogP contribution in [0.2, 0.25) is 0 Å². The van der Waals surface area contributed by atoms with E-state index in [4.69, 9.17) is 52.4 Å². The number of esters is 1. The van der Waals surface area contributed by atoms with Crippen molar-refractivity contribution in [2.24, 2.45) is 0 Å². The highest BCUT2D eigenvalue weighted by Gasteiger charge is 2.33. The molecule has 19 nitrogen and oxygen atoms in total. The van der Waals surface area contributed by atoms with E-state index in [1.807, 2.05) is 13.8 Å². The summed E-state index contributed by atoms with van der Waals surface area (Å²) in [4.78, 5) is 75.4. The molecule has 1 aromatic carbocycles. The number of rotatable bonds is 37. The van der Waals surface area contributed by atoms with E-state index in [-0.39, 0.29) is 166 Å². The summed E-state index contributed by atoms with van der Waals surface area (Å²) in [7, 11) is 0. The molecule has 0 fully saturated rings. The van der Waals surface area contributed by atoms with Crippen molar-refractivity contribution in [2.45, 2.75) is 77.2 Å². The Kier molecular flexibility index (Phi) is 35.8. The Morgan fingerprint density at radius 3 is 1.32 bits per heavy atom. The molecule has 4 amide bonds. The second-order valence-corrected chi connectivity index (χ2v) is 13.1. The molecule has 1 rings (SSSR count). The average molecular weight is 888 g/mol. The topological polar surface area (TPSA) is 241 Å². The number of carbonyl (C=O) groups excluding carboxylic acids is 5. The van der Waals surface area contributed by atoms with Gasteiger partial charge in [-0.15, -0.1) is 19.3 Å². The van der Waals surface area contributed by atoms with Crippen LogP contribution in [0.4, 0.5) is 5.69 Å². The van der Waals surface area contributed by atoms with E-state index < -0.39 is 22.3 Å².